The Morgan fingerprint density at radius 2 is 1.23 bits per heavy atom. The third-order valence-corrected chi connectivity index (χ3v) is 3.54. The number of carboxylic acids is 1. The Morgan fingerprint density at radius 1 is 0.773 bits per heavy atom. The summed E-state index contributed by atoms with van der Waals surface area (Å²) in [6.45, 7) is 2.64. The number of rotatable bonds is 15. The standard InChI is InChI=1S/C17H32O4.Na/c1-2-3-4-5-6-7-8-9-10-11-12-15-21-17(20)14-13-16(18)19;/h2-15H2,1H3,(H,18,19);/q;+1/p-1. The Kier molecular flexibility index (Phi) is 20.9. The van der Waals surface area contributed by atoms with Crippen molar-refractivity contribution in [2.45, 2.75) is 90.4 Å². The van der Waals surface area contributed by atoms with Crippen LogP contribution in [0.1, 0.15) is 90.4 Å². The number of carbonyl (C=O) groups is 2. The molecular formula is C17H31NaO4. The van der Waals surface area contributed by atoms with Gasteiger partial charge < -0.3 is 14.6 Å². The van der Waals surface area contributed by atoms with Crippen LogP contribution in [0.2, 0.25) is 0 Å². The first-order valence-corrected chi connectivity index (χ1v) is 8.52. The van der Waals surface area contributed by atoms with Crippen molar-refractivity contribution in [1.82, 2.24) is 0 Å². The van der Waals surface area contributed by atoms with Crippen molar-refractivity contribution < 1.29 is 49.0 Å². The monoisotopic (exact) mass is 322 g/mol. The minimum atomic E-state index is -1.21. The smallest absolute Gasteiger partial charge is 0.550 e. The van der Waals surface area contributed by atoms with Gasteiger partial charge in [-0.05, 0) is 12.8 Å². The van der Waals surface area contributed by atoms with Crippen molar-refractivity contribution >= 4 is 11.9 Å². The molecule has 0 saturated heterocycles. The third-order valence-electron chi connectivity index (χ3n) is 3.54. The Balaban J connectivity index is 0. The largest absolute Gasteiger partial charge is 1.00 e. The molecule has 0 fully saturated rings. The first-order chi connectivity index (χ1) is 10.2. The zero-order valence-electron chi connectivity index (χ0n) is 14.5. The predicted octanol–water partition coefficient (Wildman–Crippen LogP) is 0.375. The maximum Gasteiger partial charge on any atom is 1.00 e. The van der Waals surface area contributed by atoms with Crippen LogP contribution in [-0.4, -0.2) is 18.5 Å². The Hall–Kier alpha value is -0.0600. The molecule has 0 amide bonds. The van der Waals surface area contributed by atoms with Crippen molar-refractivity contribution in [3.05, 3.63) is 0 Å². The molecular weight excluding hydrogens is 291 g/mol. The maximum atomic E-state index is 11.1. The van der Waals surface area contributed by atoms with E-state index in [9.17, 15) is 14.7 Å². The van der Waals surface area contributed by atoms with Crippen LogP contribution in [0.3, 0.4) is 0 Å². The molecule has 0 aromatic carbocycles. The van der Waals surface area contributed by atoms with Crippen LogP contribution in [0.4, 0.5) is 0 Å². The summed E-state index contributed by atoms with van der Waals surface area (Å²) in [5.74, 6) is -1.65. The molecule has 0 aliphatic heterocycles. The average Bonchev–Trinajstić information content (AvgIpc) is 2.46. The van der Waals surface area contributed by atoms with Gasteiger partial charge in [0.2, 0.25) is 0 Å². The number of unbranched alkanes of at least 4 members (excludes halogenated alkanes) is 10. The minimum absolute atomic E-state index is 0. The van der Waals surface area contributed by atoms with Crippen LogP contribution >= 0.6 is 0 Å². The first kappa shape index (κ1) is 24.2. The summed E-state index contributed by atoms with van der Waals surface area (Å²) in [5, 5.41) is 10.2. The van der Waals surface area contributed by atoms with Crippen molar-refractivity contribution in [3.8, 4) is 0 Å². The molecule has 0 bridgehead atoms. The van der Waals surface area contributed by atoms with Gasteiger partial charge in [0.05, 0.1) is 13.0 Å². The zero-order chi connectivity index (χ0) is 15.8. The second-order valence-electron chi connectivity index (χ2n) is 5.63. The molecule has 0 aliphatic rings. The summed E-state index contributed by atoms with van der Waals surface area (Å²) in [7, 11) is 0. The van der Waals surface area contributed by atoms with Gasteiger partial charge in [0.1, 0.15) is 0 Å². The topological polar surface area (TPSA) is 66.4 Å². The molecule has 22 heavy (non-hydrogen) atoms. The number of carboxylic acid groups (broad SMARTS) is 1. The molecule has 0 heterocycles. The van der Waals surface area contributed by atoms with Gasteiger partial charge >= 0.3 is 35.5 Å². The number of aliphatic carboxylic acids is 1. The molecule has 0 saturated carbocycles. The van der Waals surface area contributed by atoms with Gasteiger partial charge in [0, 0.05) is 5.97 Å². The van der Waals surface area contributed by atoms with Gasteiger partial charge in [-0.25, -0.2) is 0 Å². The second-order valence-corrected chi connectivity index (χ2v) is 5.63. The summed E-state index contributed by atoms with van der Waals surface area (Å²) >= 11 is 0. The summed E-state index contributed by atoms with van der Waals surface area (Å²) in [5.41, 5.74) is 0. The fraction of sp³-hybridized carbons (Fsp3) is 0.882. The van der Waals surface area contributed by atoms with Crippen molar-refractivity contribution in [1.29, 1.82) is 0 Å². The second kappa shape index (κ2) is 19.0. The van der Waals surface area contributed by atoms with E-state index >= 15 is 0 Å². The van der Waals surface area contributed by atoms with E-state index in [1.165, 1.54) is 57.8 Å². The average molecular weight is 322 g/mol. The van der Waals surface area contributed by atoms with Crippen LogP contribution in [0.25, 0.3) is 0 Å². The molecule has 0 aromatic rings. The number of hydrogen-bond acceptors (Lipinski definition) is 4. The van der Waals surface area contributed by atoms with E-state index in [-0.39, 0.29) is 42.4 Å². The molecule has 0 atom stereocenters. The van der Waals surface area contributed by atoms with Crippen LogP contribution in [0.15, 0.2) is 0 Å². The fourth-order valence-corrected chi connectivity index (χ4v) is 2.23. The normalized spacial score (nSPS) is 10.0. The fourth-order valence-electron chi connectivity index (χ4n) is 2.23. The van der Waals surface area contributed by atoms with E-state index in [0.717, 1.165) is 12.8 Å². The van der Waals surface area contributed by atoms with Crippen LogP contribution in [-0.2, 0) is 14.3 Å². The Labute approximate surface area is 157 Å². The van der Waals surface area contributed by atoms with E-state index in [4.69, 9.17) is 4.74 Å². The van der Waals surface area contributed by atoms with Gasteiger partial charge in [-0.15, -0.1) is 0 Å². The maximum absolute atomic E-state index is 11.1. The Bertz CT molecular complexity index is 269. The quantitative estimate of drug-likeness (QED) is 0.248. The summed E-state index contributed by atoms with van der Waals surface area (Å²) in [6, 6.07) is 0. The van der Waals surface area contributed by atoms with Gasteiger partial charge in [-0.3, -0.25) is 4.79 Å². The molecule has 0 aromatic heterocycles. The summed E-state index contributed by atoms with van der Waals surface area (Å²) in [6.07, 6.45) is 13.5. The van der Waals surface area contributed by atoms with E-state index < -0.39 is 11.9 Å². The van der Waals surface area contributed by atoms with Crippen molar-refractivity contribution in [2.24, 2.45) is 0 Å². The van der Waals surface area contributed by atoms with Gasteiger partial charge in [0.25, 0.3) is 0 Å². The molecule has 0 radical (unpaired) electrons. The van der Waals surface area contributed by atoms with Crippen LogP contribution in [0, 0.1) is 0 Å². The van der Waals surface area contributed by atoms with Gasteiger partial charge in [0.15, 0.2) is 0 Å². The number of ether oxygens (including phenoxy) is 1. The first-order valence-electron chi connectivity index (χ1n) is 8.52. The molecule has 5 heteroatoms. The molecule has 0 unspecified atom stereocenters. The van der Waals surface area contributed by atoms with E-state index in [1.807, 2.05) is 0 Å². The Morgan fingerprint density at radius 3 is 1.68 bits per heavy atom. The van der Waals surface area contributed by atoms with E-state index in [2.05, 4.69) is 6.92 Å². The molecule has 4 nitrogen and oxygen atoms in total. The molecule has 0 spiro atoms. The number of esters is 1. The molecule has 0 N–H and O–H groups in total. The predicted molar refractivity (Wildman–Crippen MR) is 81.7 cm³/mol. The minimum Gasteiger partial charge on any atom is -0.550 e. The molecule has 124 valence electrons. The molecule has 0 aliphatic carbocycles. The van der Waals surface area contributed by atoms with Gasteiger partial charge in [-0.2, -0.15) is 0 Å². The van der Waals surface area contributed by atoms with E-state index in [0.29, 0.717) is 6.61 Å². The van der Waals surface area contributed by atoms with E-state index in [1.54, 1.807) is 0 Å². The number of carbonyl (C=O) groups excluding carboxylic acids is 2. The summed E-state index contributed by atoms with van der Waals surface area (Å²) < 4.78 is 4.94. The van der Waals surface area contributed by atoms with Crippen molar-refractivity contribution in [3.63, 3.8) is 0 Å². The van der Waals surface area contributed by atoms with Crippen molar-refractivity contribution in [2.75, 3.05) is 6.61 Å². The zero-order valence-corrected chi connectivity index (χ0v) is 16.5. The van der Waals surface area contributed by atoms with Crippen LogP contribution in [0.5, 0.6) is 0 Å². The van der Waals surface area contributed by atoms with Crippen LogP contribution < -0.4 is 34.7 Å². The summed E-state index contributed by atoms with van der Waals surface area (Å²) in [4.78, 5) is 21.3. The third kappa shape index (κ3) is 19.9. The SMILES string of the molecule is CCCCCCCCCCCCCOC(=O)CCC(=O)[O-].[Na+]. The molecule has 0 rings (SSSR count). The number of hydrogen-bond donors (Lipinski definition) is 0. The van der Waals surface area contributed by atoms with Gasteiger partial charge in [-0.1, -0.05) is 71.1 Å².